The van der Waals surface area contributed by atoms with Gasteiger partial charge in [0.05, 0.1) is 17.6 Å². The minimum atomic E-state index is -0.289. The number of carbonyl (C=O) groups excluding carboxylic acids is 1. The predicted molar refractivity (Wildman–Crippen MR) is 95.8 cm³/mol. The zero-order valence-electron chi connectivity index (χ0n) is 14.6. The molecule has 1 saturated heterocycles. The van der Waals surface area contributed by atoms with Crippen molar-refractivity contribution in [3.8, 4) is 0 Å². The monoisotopic (exact) mass is 344 g/mol. The number of carbonyl (C=O) groups is 1. The molecule has 134 valence electrons. The molecular formula is C18H24N4O3. The van der Waals surface area contributed by atoms with Crippen molar-refractivity contribution in [2.75, 3.05) is 26.2 Å². The number of H-pyrrole nitrogens is 1. The first-order chi connectivity index (χ1) is 12.0. The van der Waals surface area contributed by atoms with Gasteiger partial charge in [0, 0.05) is 31.6 Å². The lowest BCUT2D eigenvalue weighted by molar-refractivity contribution is -0.0679. The van der Waals surface area contributed by atoms with Gasteiger partial charge in [0.25, 0.3) is 11.5 Å². The van der Waals surface area contributed by atoms with E-state index in [2.05, 4.69) is 34.3 Å². The van der Waals surface area contributed by atoms with Gasteiger partial charge in [-0.25, -0.2) is 5.10 Å². The Balaban J connectivity index is 1.55. The third-order valence-corrected chi connectivity index (χ3v) is 4.34. The Morgan fingerprint density at radius 3 is 2.68 bits per heavy atom. The second-order valence-corrected chi connectivity index (χ2v) is 6.57. The fraction of sp³-hybridized carbons (Fsp3) is 0.500. The Hall–Kier alpha value is -2.25. The number of aromatic amines is 1. The van der Waals surface area contributed by atoms with Crippen LogP contribution in [0.25, 0.3) is 10.8 Å². The second kappa shape index (κ2) is 7.76. The molecule has 1 aromatic heterocycles. The van der Waals surface area contributed by atoms with E-state index in [4.69, 9.17) is 4.74 Å². The molecular weight excluding hydrogens is 320 g/mol. The third-order valence-electron chi connectivity index (χ3n) is 4.34. The second-order valence-electron chi connectivity index (χ2n) is 6.57. The molecule has 1 aromatic carbocycles. The number of aromatic nitrogens is 2. The van der Waals surface area contributed by atoms with Crippen LogP contribution >= 0.6 is 0 Å². The molecule has 2 heterocycles. The number of hydrogen-bond donors (Lipinski definition) is 2. The highest BCUT2D eigenvalue weighted by Gasteiger charge is 2.21. The van der Waals surface area contributed by atoms with E-state index in [0.717, 1.165) is 26.1 Å². The number of amides is 1. The van der Waals surface area contributed by atoms with Gasteiger partial charge in [-0.2, -0.15) is 5.10 Å². The van der Waals surface area contributed by atoms with Gasteiger partial charge in [-0.15, -0.1) is 0 Å². The molecule has 0 spiro atoms. The first kappa shape index (κ1) is 17.6. The average Bonchev–Trinajstić information content (AvgIpc) is 2.58. The average molecular weight is 344 g/mol. The lowest BCUT2D eigenvalue weighted by atomic mass is 10.1. The van der Waals surface area contributed by atoms with Crippen LogP contribution in [0.3, 0.4) is 0 Å². The number of nitrogens with one attached hydrogen (secondary N) is 2. The maximum absolute atomic E-state index is 12.4. The molecule has 2 N–H and O–H groups in total. The van der Waals surface area contributed by atoms with Gasteiger partial charge in [0.15, 0.2) is 5.69 Å². The molecule has 7 nitrogen and oxygen atoms in total. The number of rotatable bonds is 5. The van der Waals surface area contributed by atoms with Crippen LogP contribution in [0.4, 0.5) is 0 Å². The number of hydrogen-bond acceptors (Lipinski definition) is 5. The smallest absolute Gasteiger partial charge is 0.272 e. The van der Waals surface area contributed by atoms with Crippen LogP contribution in [0.1, 0.15) is 30.8 Å². The Morgan fingerprint density at radius 1 is 1.28 bits per heavy atom. The molecule has 2 atom stereocenters. The fourth-order valence-electron chi connectivity index (χ4n) is 3.34. The van der Waals surface area contributed by atoms with Crippen molar-refractivity contribution < 1.29 is 9.53 Å². The molecule has 0 radical (unpaired) electrons. The molecule has 2 aromatic rings. The SMILES string of the molecule is CC1CN(CCCNC(=O)c2n[nH]c(=O)c3ccccc23)CC(C)O1. The van der Waals surface area contributed by atoms with Gasteiger partial charge in [-0.3, -0.25) is 14.5 Å². The number of morpholine rings is 1. The van der Waals surface area contributed by atoms with Crippen molar-refractivity contribution in [3.63, 3.8) is 0 Å². The Kier molecular flexibility index (Phi) is 5.45. The van der Waals surface area contributed by atoms with Crippen LogP contribution in [0, 0.1) is 0 Å². The van der Waals surface area contributed by atoms with Crippen molar-refractivity contribution >= 4 is 16.7 Å². The van der Waals surface area contributed by atoms with Crippen LogP contribution in [0.5, 0.6) is 0 Å². The van der Waals surface area contributed by atoms with Crippen LogP contribution in [-0.4, -0.2) is 59.4 Å². The van der Waals surface area contributed by atoms with Crippen LogP contribution in [0.2, 0.25) is 0 Å². The summed E-state index contributed by atoms with van der Waals surface area (Å²) < 4.78 is 5.72. The normalized spacial score (nSPS) is 21.4. The van der Waals surface area contributed by atoms with Crippen molar-refractivity contribution in [3.05, 3.63) is 40.3 Å². The Bertz CT molecular complexity index is 794. The molecule has 2 unspecified atom stereocenters. The largest absolute Gasteiger partial charge is 0.373 e. The number of benzene rings is 1. The summed E-state index contributed by atoms with van der Waals surface area (Å²) in [4.78, 5) is 26.5. The maximum atomic E-state index is 12.4. The van der Waals surface area contributed by atoms with Gasteiger partial charge in [0.2, 0.25) is 0 Å². The third kappa shape index (κ3) is 4.24. The number of ether oxygens (including phenoxy) is 1. The van der Waals surface area contributed by atoms with E-state index >= 15 is 0 Å². The van der Waals surface area contributed by atoms with E-state index in [9.17, 15) is 9.59 Å². The van der Waals surface area contributed by atoms with Crippen molar-refractivity contribution in [2.45, 2.75) is 32.5 Å². The van der Waals surface area contributed by atoms with Crippen LogP contribution < -0.4 is 10.9 Å². The summed E-state index contributed by atoms with van der Waals surface area (Å²) >= 11 is 0. The Morgan fingerprint density at radius 2 is 1.96 bits per heavy atom. The molecule has 1 fully saturated rings. The lowest BCUT2D eigenvalue weighted by Gasteiger charge is -2.35. The van der Waals surface area contributed by atoms with Gasteiger partial charge in [-0.1, -0.05) is 18.2 Å². The highest BCUT2D eigenvalue weighted by molar-refractivity contribution is 6.04. The highest BCUT2D eigenvalue weighted by Crippen LogP contribution is 2.12. The van der Waals surface area contributed by atoms with Crippen LogP contribution in [-0.2, 0) is 4.74 Å². The summed E-state index contributed by atoms with van der Waals surface area (Å²) in [5.74, 6) is -0.267. The van der Waals surface area contributed by atoms with Crippen molar-refractivity contribution in [2.24, 2.45) is 0 Å². The summed E-state index contributed by atoms with van der Waals surface area (Å²) in [7, 11) is 0. The first-order valence-electron chi connectivity index (χ1n) is 8.68. The van der Waals surface area contributed by atoms with E-state index in [0.29, 0.717) is 17.3 Å². The minimum absolute atomic E-state index is 0.245. The standard InChI is InChI=1S/C18H24N4O3/c1-12-10-22(11-13(2)25-12)9-5-8-19-18(24)16-14-6-3-4-7-15(14)17(23)21-20-16/h3-4,6-7,12-13H,5,8-11H2,1-2H3,(H,19,24)(H,21,23). The highest BCUT2D eigenvalue weighted by atomic mass is 16.5. The van der Waals surface area contributed by atoms with E-state index < -0.39 is 0 Å². The van der Waals surface area contributed by atoms with Crippen molar-refractivity contribution in [1.29, 1.82) is 0 Å². The van der Waals surface area contributed by atoms with Crippen molar-refractivity contribution in [1.82, 2.24) is 20.4 Å². The molecule has 1 aliphatic heterocycles. The minimum Gasteiger partial charge on any atom is -0.373 e. The maximum Gasteiger partial charge on any atom is 0.272 e. The summed E-state index contributed by atoms with van der Waals surface area (Å²) in [6.45, 7) is 7.48. The zero-order valence-corrected chi connectivity index (χ0v) is 14.6. The van der Waals surface area contributed by atoms with E-state index in [1.54, 1.807) is 24.3 Å². The summed E-state index contributed by atoms with van der Waals surface area (Å²) in [5.41, 5.74) is -0.0356. The van der Waals surface area contributed by atoms with Gasteiger partial charge in [-0.05, 0) is 26.3 Å². The summed E-state index contributed by atoms with van der Waals surface area (Å²) in [6.07, 6.45) is 1.34. The Labute approximate surface area is 146 Å². The molecule has 7 heteroatoms. The van der Waals surface area contributed by atoms with Crippen LogP contribution in [0.15, 0.2) is 29.1 Å². The number of nitrogens with zero attached hydrogens (tertiary/aromatic N) is 2. The fourth-order valence-corrected chi connectivity index (χ4v) is 3.34. The molecule has 1 amide bonds. The predicted octanol–water partition coefficient (Wildman–Crippen LogP) is 1.15. The molecule has 1 aliphatic rings. The van der Waals surface area contributed by atoms with Gasteiger partial charge in [0.1, 0.15) is 0 Å². The molecule has 0 bridgehead atoms. The number of fused-ring (bicyclic) bond motifs is 1. The van der Waals surface area contributed by atoms with Gasteiger partial charge >= 0.3 is 0 Å². The van der Waals surface area contributed by atoms with E-state index in [1.165, 1.54) is 0 Å². The molecule has 0 aliphatic carbocycles. The first-order valence-corrected chi connectivity index (χ1v) is 8.68. The van der Waals surface area contributed by atoms with Gasteiger partial charge < -0.3 is 10.1 Å². The quantitative estimate of drug-likeness (QED) is 0.795. The topological polar surface area (TPSA) is 87.3 Å². The molecule has 0 saturated carbocycles. The zero-order chi connectivity index (χ0) is 17.8. The lowest BCUT2D eigenvalue weighted by Crippen LogP contribution is -2.46. The van der Waals surface area contributed by atoms with E-state index in [1.807, 2.05) is 0 Å². The van der Waals surface area contributed by atoms with E-state index in [-0.39, 0.29) is 29.4 Å². The summed E-state index contributed by atoms with van der Waals surface area (Å²) in [6, 6.07) is 6.99. The molecule has 3 rings (SSSR count). The summed E-state index contributed by atoms with van der Waals surface area (Å²) in [5, 5.41) is 10.2. The molecule has 25 heavy (non-hydrogen) atoms.